The van der Waals surface area contributed by atoms with Crippen LogP contribution in [-0.4, -0.2) is 31.0 Å². The van der Waals surface area contributed by atoms with Gasteiger partial charge in [-0.2, -0.15) is 0 Å². The number of rotatable bonds is 7. The Balaban J connectivity index is 1.71. The molecule has 1 aromatic heterocycles. The fraction of sp³-hybridized carbons (Fsp3) is 0.238. The molecule has 5 nitrogen and oxygen atoms in total. The van der Waals surface area contributed by atoms with Crippen LogP contribution in [0, 0.1) is 0 Å². The van der Waals surface area contributed by atoms with E-state index in [2.05, 4.69) is 0 Å². The van der Waals surface area contributed by atoms with Crippen LogP contribution in [0.2, 0.25) is 0 Å². The number of aryl methyl sites for hydroxylation is 1. The Hall–Kier alpha value is -2.70. The van der Waals surface area contributed by atoms with Crippen LogP contribution in [0.3, 0.4) is 0 Å². The number of ketones is 1. The lowest BCUT2D eigenvalue weighted by Gasteiger charge is -2.12. The fourth-order valence-electron chi connectivity index (χ4n) is 2.91. The average Bonchev–Trinajstić information content (AvgIpc) is 3.08. The highest BCUT2D eigenvalue weighted by Crippen LogP contribution is 2.28. The Labute approximate surface area is 162 Å². The fourth-order valence-corrected chi connectivity index (χ4v) is 3.95. The van der Waals surface area contributed by atoms with E-state index in [-0.39, 0.29) is 18.1 Å². The number of nitrogens with one attached hydrogen (secondary N) is 1. The topological polar surface area (TPSA) is 69.6 Å². The van der Waals surface area contributed by atoms with Gasteiger partial charge in [0.2, 0.25) is 5.91 Å². The second-order valence-electron chi connectivity index (χ2n) is 6.66. The molecule has 0 aliphatic carbocycles. The first-order valence-corrected chi connectivity index (χ1v) is 9.53. The van der Waals surface area contributed by atoms with Crippen molar-refractivity contribution in [1.82, 2.24) is 5.48 Å². The van der Waals surface area contributed by atoms with Crippen LogP contribution >= 0.6 is 11.3 Å². The maximum absolute atomic E-state index is 12.6. The Bertz CT molecular complexity index is 961. The van der Waals surface area contributed by atoms with Gasteiger partial charge >= 0.3 is 0 Å². The third-order valence-electron chi connectivity index (χ3n) is 4.43. The summed E-state index contributed by atoms with van der Waals surface area (Å²) in [5.74, 6) is -0.297. The third kappa shape index (κ3) is 4.72. The van der Waals surface area contributed by atoms with E-state index < -0.39 is 0 Å². The van der Waals surface area contributed by atoms with Crippen molar-refractivity contribution >= 4 is 38.8 Å². The zero-order chi connectivity index (χ0) is 19.4. The number of Topliss-reactive ketones (excluding diaryl/α,β-unsaturated/α-hetero) is 1. The zero-order valence-corrected chi connectivity index (χ0v) is 16.2. The molecule has 0 radical (unpaired) electrons. The number of benzene rings is 2. The Morgan fingerprint density at radius 1 is 1.07 bits per heavy atom. The van der Waals surface area contributed by atoms with Crippen molar-refractivity contribution in [2.75, 3.05) is 19.0 Å². The molecule has 27 heavy (non-hydrogen) atoms. The van der Waals surface area contributed by atoms with Crippen LogP contribution in [-0.2, 0) is 17.6 Å². The highest BCUT2D eigenvalue weighted by Gasteiger charge is 2.10. The normalized spacial score (nSPS) is 10.8. The minimum Gasteiger partial charge on any atom is -0.378 e. The SMILES string of the molecule is CN(C)c1ccc(C(=O)Cc2ccc3sc(CCC(=O)NO)cc3c2)cc1. The number of nitrogens with zero attached hydrogens (tertiary/aromatic N) is 1. The van der Waals surface area contributed by atoms with Gasteiger partial charge in [-0.15, -0.1) is 11.3 Å². The average molecular weight is 382 g/mol. The maximum Gasteiger partial charge on any atom is 0.243 e. The lowest BCUT2D eigenvalue weighted by Crippen LogP contribution is -2.18. The molecular weight excluding hydrogens is 360 g/mol. The Morgan fingerprint density at radius 3 is 2.48 bits per heavy atom. The largest absolute Gasteiger partial charge is 0.378 e. The number of hydroxylamine groups is 1. The van der Waals surface area contributed by atoms with Gasteiger partial charge in [-0.25, -0.2) is 5.48 Å². The summed E-state index contributed by atoms with van der Waals surface area (Å²) in [5, 5.41) is 9.66. The number of fused-ring (bicyclic) bond motifs is 1. The lowest BCUT2D eigenvalue weighted by atomic mass is 10.0. The number of amides is 1. The quantitative estimate of drug-likeness (QED) is 0.370. The van der Waals surface area contributed by atoms with Crippen molar-refractivity contribution in [3.05, 3.63) is 64.5 Å². The van der Waals surface area contributed by atoms with Crippen LogP contribution in [0.25, 0.3) is 10.1 Å². The predicted molar refractivity (Wildman–Crippen MR) is 109 cm³/mol. The number of hydrogen-bond donors (Lipinski definition) is 2. The maximum atomic E-state index is 12.6. The Morgan fingerprint density at radius 2 is 1.81 bits per heavy atom. The zero-order valence-electron chi connectivity index (χ0n) is 15.4. The summed E-state index contributed by atoms with van der Waals surface area (Å²) in [6.07, 6.45) is 1.19. The third-order valence-corrected chi connectivity index (χ3v) is 5.60. The van der Waals surface area contributed by atoms with Crippen molar-refractivity contribution in [2.24, 2.45) is 0 Å². The highest BCUT2D eigenvalue weighted by atomic mass is 32.1. The summed E-state index contributed by atoms with van der Waals surface area (Å²) in [5.41, 5.74) is 4.40. The van der Waals surface area contributed by atoms with Gasteiger partial charge in [-0.05, 0) is 59.8 Å². The molecule has 3 rings (SSSR count). The molecule has 140 valence electrons. The van der Waals surface area contributed by atoms with E-state index in [1.54, 1.807) is 16.8 Å². The molecule has 6 heteroatoms. The molecule has 2 N–H and O–H groups in total. The monoisotopic (exact) mass is 382 g/mol. The van der Waals surface area contributed by atoms with E-state index in [0.29, 0.717) is 18.4 Å². The summed E-state index contributed by atoms with van der Waals surface area (Å²) in [6, 6.07) is 15.7. The molecule has 1 heterocycles. The smallest absolute Gasteiger partial charge is 0.243 e. The van der Waals surface area contributed by atoms with Crippen molar-refractivity contribution in [2.45, 2.75) is 19.3 Å². The van der Waals surface area contributed by atoms with Crippen molar-refractivity contribution in [3.63, 3.8) is 0 Å². The van der Waals surface area contributed by atoms with Gasteiger partial charge in [-0.1, -0.05) is 6.07 Å². The van der Waals surface area contributed by atoms with E-state index in [0.717, 1.165) is 26.2 Å². The van der Waals surface area contributed by atoms with Gasteiger partial charge in [-0.3, -0.25) is 14.8 Å². The standard InChI is InChI=1S/C21H22N2O3S/c1-23(2)17-6-4-15(5-7-17)19(24)12-14-3-9-20-16(11-14)13-18(27-20)8-10-21(25)22-26/h3-7,9,11,13,26H,8,10,12H2,1-2H3,(H,22,25). The van der Waals surface area contributed by atoms with E-state index in [1.165, 1.54) is 0 Å². The van der Waals surface area contributed by atoms with Gasteiger partial charge in [0.15, 0.2) is 5.78 Å². The molecule has 0 saturated heterocycles. The number of carbonyl (C=O) groups is 2. The molecule has 0 unspecified atom stereocenters. The van der Waals surface area contributed by atoms with Crippen molar-refractivity contribution in [3.8, 4) is 0 Å². The molecule has 0 spiro atoms. The van der Waals surface area contributed by atoms with E-state index >= 15 is 0 Å². The first kappa shape index (κ1) is 19.1. The minimum absolute atomic E-state index is 0.0923. The van der Waals surface area contributed by atoms with Gasteiger partial charge in [0.05, 0.1) is 0 Å². The molecule has 0 atom stereocenters. The molecule has 0 aliphatic rings. The summed E-state index contributed by atoms with van der Waals surface area (Å²) in [6.45, 7) is 0. The Kier molecular flexibility index (Phi) is 5.88. The summed E-state index contributed by atoms with van der Waals surface area (Å²) >= 11 is 1.63. The molecular formula is C21H22N2O3S. The molecule has 0 aliphatic heterocycles. The van der Waals surface area contributed by atoms with Crippen LogP contribution in [0.4, 0.5) is 5.69 Å². The van der Waals surface area contributed by atoms with Crippen LogP contribution in [0.1, 0.15) is 27.2 Å². The van der Waals surface area contributed by atoms with Gasteiger partial charge in [0.25, 0.3) is 0 Å². The van der Waals surface area contributed by atoms with Crippen LogP contribution in [0.15, 0.2) is 48.5 Å². The predicted octanol–water partition coefficient (Wildman–Crippen LogP) is 3.83. The van der Waals surface area contributed by atoms with E-state index in [9.17, 15) is 9.59 Å². The number of carbonyl (C=O) groups excluding carboxylic acids is 2. The number of hydrogen-bond acceptors (Lipinski definition) is 5. The summed E-state index contributed by atoms with van der Waals surface area (Å²) in [7, 11) is 3.94. The van der Waals surface area contributed by atoms with Crippen molar-refractivity contribution < 1.29 is 14.8 Å². The molecule has 0 fully saturated rings. The summed E-state index contributed by atoms with van der Waals surface area (Å²) in [4.78, 5) is 26.8. The van der Waals surface area contributed by atoms with Crippen LogP contribution in [0.5, 0.6) is 0 Å². The second-order valence-corrected chi connectivity index (χ2v) is 7.83. The molecule has 2 aromatic carbocycles. The minimum atomic E-state index is -0.390. The first-order valence-electron chi connectivity index (χ1n) is 8.71. The second kappa shape index (κ2) is 8.33. The summed E-state index contributed by atoms with van der Waals surface area (Å²) < 4.78 is 1.13. The molecule has 1 amide bonds. The first-order chi connectivity index (χ1) is 13.0. The molecule has 0 saturated carbocycles. The lowest BCUT2D eigenvalue weighted by molar-refractivity contribution is -0.129. The van der Waals surface area contributed by atoms with E-state index in [1.807, 2.05) is 67.5 Å². The van der Waals surface area contributed by atoms with Crippen LogP contribution < -0.4 is 10.4 Å². The molecule has 3 aromatic rings. The van der Waals surface area contributed by atoms with E-state index in [4.69, 9.17) is 5.21 Å². The highest BCUT2D eigenvalue weighted by molar-refractivity contribution is 7.19. The molecule has 0 bridgehead atoms. The number of anilines is 1. The van der Waals surface area contributed by atoms with Gasteiger partial charge in [0, 0.05) is 47.8 Å². The number of thiophene rings is 1. The van der Waals surface area contributed by atoms with Gasteiger partial charge in [0.1, 0.15) is 0 Å². The van der Waals surface area contributed by atoms with Gasteiger partial charge < -0.3 is 4.90 Å². The van der Waals surface area contributed by atoms with Crippen molar-refractivity contribution in [1.29, 1.82) is 0 Å².